The van der Waals surface area contributed by atoms with E-state index in [-0.39, 0.29) is 11.9 Å². The third kappa shape index (κ3) is 3.64. The summed E-state index contributed by atoms with van der Waals surface area (Å²) in [7, 11) is 3.12. The Kier molecular flexibility index (Phi) is 4.65. The third-order valence-corrected chi connectivity index (χ3v) is 3.02. The summed E-state index contributed by atoms with van der Waals surface area (Å²) in [5.41, 5.74) is 6.45. The average Bonchev–Trinajstić information content (AvgIpc) is 2.48. The van der Waals surface area contributed by atoms with Crippen LogP contribution >= 0.6 is 0 Å². The fraction of sp³-hybridized carbons (Fsp3) is 0.250. The Hall–Kier alpha value is -2.27. The van der Waals surface area contributed by atoms with Crippen LogP contribution in [0, 0.1) is 5.82 Å². The Balaban J connectivity index is 2.38. The molecule has 5 heteroatoms. The summed E-state index contributed by atoms with van der Waals surface area (Å²) in [6, 6.07) is 9.09. The molecule has 0 bridgehead atoms. The Morgan fingerprint density at radius 2 is 1.52 bits per heavy atom. The van der Waals surface area contributed by atoms with Gasteiger partial charge >= 0.3 is 0 Å². The Labute approximate surface area is 123 Å². The van der Waals surface area contributed by atoms with E-state index in [1.165, 1.54) is 12.1 Å². The fourth-order valence-corrected chi connectivity index (χ4v) is 1.94. The van der Waals surface area contributed by atoms with E-state index in [1.54, 1.807) is 45.4 Å². The SMILES string of the molecule is COc1cc(OC)cc(Oc2ccc(F)cc2[C@@H](C)N)c1. The van der Waals surface area contributed by atoms with E-state index in [4.69, 9.17) is 19.9 Å². The summed E-state index contributed by atoms with van der Waals surface area (Å²) in [4.78, 5) is 0. The standard InChI is InChI=1S/C16H18FNO3/c1-10(18)15-6-11(17)4-5-16(15)21-14-8-12(19-2)7-13(9-14)20-3/h4-10H,18H2,1-3H3/t10-/m1/s1. The van der Waals surface area contributed by atoms with Gasteiger partial charge in [0, 0.05) is 29.8 Å². The van der Waals surface area contributed by atoms with Crippen molar-refractivity contribution in [3.8, 4) is 23.0 Å². The van der Waals surface area contributed by atoms with Gasteiger partial charge in [-0.2, -0.15) is 0 Å². The smallest absolute Gasteiger partial charge is 0.134 e. The van der Waals surface area contributed by atoms with Gasteiger partial charge in [0.05, 0.1) is 14.2 Å². The molecule has 0 radical (unpaired) electrons. The zero-order valence-electron chi connectivity index (χ0n) is 12.2. The average molecular weight is 291 g/mol. The number of nitrogens with two attached hydrogens (primary N) is 1. The van der Waals surface area contributed by atoms with Gasteiger partial charge < -0.3 is 19.9 Å². The molecule has 112 valence electrons. The van der Waals surface area contributed by atoms with Crippen LogP contribution in [0.1, 0.15) is 18.5 Å². The lowest BCUT2D eigenvalue weighted by atomic mass is 10.1. The van der Waals surface area contributed by atoms with Gasteiger partial charge in [-0.25, -0.2) is 4.39 Å². The van der Waals surface area contributed by atoms with Crippen LogP contribution in [-0.2, 0) is 0 Å². The van der Waals surface area contributed by atoms with E-state index in [9.17, 15) is 4.39 Å². The van der Waals surface area contributed by atoms with E-state index in [0.717, 1.165) is 0 Å². The van der Waals surface area contributed by atoms with Crippen molar-refractivity contribution in [2.24, 2.45) is 5.73 Å². The van der Waals surface area contributed by atoms with E-state index in [2.05, 4.69) is 0 Å². The number of ether oxygens (including phenoxy) is 3. The van der Waals surface area contributed by atoms with Gasteiger partial charge in [0.1, 0.15) is 28.8 Å². The number of halogens is 1. The van der Waals surface area contributed by atoms with Crippen LogP contribution in [-0.4, -0.2) is 14.2 Å². The molecule has 0 spiro atoms. The molecule has 4 nitrogen and oxygen atoms in total. The molecule has 21 heavy (non-hydrogen) atoms. The minimum absolute atomic E-state index is 0.344. The molecule has 2 rings (SSSR count). The molecular formula is C16H18FNO3. The van der Waals surface area contributed by atoms with Crippen LogP contribution in [0.15, 0.2) is 36.4 Å². The quantitative estimate of drug-likeness (QED) is 0.913. The number of rotatable bonds is 5. The molecule has 0 saturated carbocycles. The highest BCUT2D eigenvalue weighted by atomic mass is 19.1. The highest BCUT2D eigenvalue weighted by Crippen LogP contribution is 2.33. The Bertz CT molecular complexity index is 607. The fourth-order valence-electron chi connectivity index (χ4n) is 1.94. The zero-order valence-corrected chi connectivity index (χ0v) is 12.2. The molecule has 0 heterocycles. The van der Waals surface area contributed by atoms with E-state index >= 15 is 0 Å². The topological polar surface area (TPSA) is 53.7 Å². The summed E-state index contributed by atoms with van der Waals surface area (Å²) in [5, 5.41) is 0. The minimum Gasteiger partial charge on any atom is -0.496 e. The van der Waals surface area contributed by atoms with Gasteiger partial charge in [-0.3, -0.25) is 0 Å². The van der Waals surface area contributed by atoms with Crippen LogP contribution in [0.25, 0.3) is 0 Å². The molecule has 0 amide bonds. The lowest BCUT2D eigenvalue weighted by Gasteiger charge is -2.15. The monoisotopic (exact) mass is 291 g/mol. The third-order valence-electron chi connectivity index (χ3n) is 3.02. The minimum atomic E-state index is -0.349. The summed E-state index contributed by atoms with van der Waals surface area (Å²) >= 11 is 0. The normalized spacial score (nSPS) is 11.9. The highest BCUT2D eigenvalue weighted by molar-refractivity contribution is 5.46. The highest BCUT2D eigenvalue weighted by Gasteiger charge is 2.12. The van der Waals surface area contributed by atoms with Crippen molar-refractivity contribution >= 4 is 0 Å². The van der Waals surface area contributed by atoms with E-state index in [0.29, 0.717) is 28.6 Å². The zero-order chi connectivity index (χ0) is 15.4. The van der Waals surface area contributed by atoms with Crippen LogP contribution in [0.4, 0.5) is 4.39 Å². The predicted molar refractivity (Wildman–Crippen MR) is 78.6 cm³/mol. The van der Waals surface area contributed by atoms with Crippen molar-refractivity contribution in [1.29, 1.82) is 0 Å². The first-order chi connectivity index (χ1) is 10.0. The number of hydrogen-bond donors (Lipinski definition) is 1. The second kappa shape index (κ2) is 6.45. The molecule has 0 fully saturated rings. The van der Waals surface area contributed by atoms with Crippen molar-refractivity contribution in [2.75, 3.05) is 14.2 Å². The largest absolute Gasteiger partial charge is 0.496 e. The molecular weight excluding hydrogens is 273 g/mol. The van der Waals surface area contributed by atoms with Crippen LogP contribution in [0.2, 0.25) is 0 Å². The Morgan fingerprint density at radius 3 is 2.05 bits per heavy atom. The van der Waals surface area contributed by atoms with Crippen LogP contribution < -0.4 is 19.9 Å². The second-order valence-electron chi connectivity index (χ2n) is 4.62. The van der Waals surface area contributed by atoms with Crippen molar-refractivity contribution in [1.82, 2.24) is 0 Å². The molecule has 2 N–H and O–H groups in total. The molecule has 2 aromatic carbocycles. The van der Waals surface area contributed by atoms with Crippen molar-refractivity contribution < 1.29 is 18.6 Å². The maximum absolute atomic E-state index is 13.3. The van der Waals surface area contributed by atoms with E-state index < -0.39 is 0 Å². The second-order valence-corrected chi connectivity index (χ2v) is 4.62. The van der Waals surface area contributed by atoms with Gasteiger partial charge in [-0.15, -0.1) is 0 Å². The lowest BCUT2D eigenvalue weighted by Crippen LogP contribution is -2.07. The van der Waals surface area contributed by atoms with Crippen molar-refractivity contribution in [2.45, 2.75) is 13.0 Å². The summed E-state index contributed by atoms with van der Waals surface area (Å²) in [6.07, 6.45) is 0. The van der Waals surface area contributed by atoms with Crippen LogP contribution in [0.3, 0.4) is 0 Å². The number of hydrogen-bond acceptors (Lipinski definition) is 4. The number of methoxy groups -OCH3 is 2. The van der Waals surface area contributed by atoms with Gasteiger partial charge in [0.2, 0.25) is 0 Å². The predicted octanol–water partition coefficient (Wildman–Crippen LogP) is 3.65. The van der Waals surface area contributed by atoms with Crippen LogP contribution in [0.5, 0.6) is 23.0 Å². The molecule has 0 aromatic heterocycles. The molecule has 0 unspecified atom stereocenters. The van der Waals surface area contributed by atoms with Gasteiger partial charge in [-0.1, -0.05) is 0 Å². The van der Waals surface area contributed by atoms with Gasteiger partial charge in [0.25, 0.3) is 0 Å². The lowest BCUT2D eigenvalue weighted by molar-refractivity contribution is 0.386. The molecule has 0 aliphatic heterocycles. The van der Waals surface area contributed by atoms with Crippen molar-refractivity contribution in [3.63, 3.8) is 0 Å². The van der Waals surface area contributed by atoms with Gasteiger partial charge in [-0.05, 0) is 25.1 Å². The summed E-state index contributed by atoms with van der Waals surface area (Å²) in [5.74, 6) is 1.89. The summed E-state index contributed by atoms with van der Waals surface area (Å²) < 4.78 is 29.5. The first kappa shape index (κ1) is 15.1. The van der Waals surface area contributed by atoms with E-state index in [1.807, 2.05) is 0 Å². The first-order valence-corrected chi connectivity index (χ1v) is 6.49. The van der Waals surface area contributed by atoms with Crippen molar-refractivity contribution in [3.05, 3.63) is 47.8 Å². The maximum atomic E-state index is 13.3. The summed E-state index contributed by atoms with van der Waals surface area (Å²) in [6.45, 7) is 1.77. The molecule has 2 aromatic rings. The molecule has 0 aliphatic rings. The Morgan fingerprint density at radius 1 is 0.952 bits per heavy atom. The number of benzene rings is 2. The molecule has 0 saturated heterocycles. The maximum Gasteiger partial charge on any atom is 0.134 e. The first-order valence-electron chi connectivity index (χ1n) is 6.49. The molecule has 1 atom stereocenters. The van der Waals surface area contributed by atoms with Gasteiger partial charge in [0.15, 0.2) is 0 Å². The molecule has 0 aliphatic carbocycles.